The molecule has 2 amide bonds. The summed E-state index contributed by atoms with van der Waals surface area (Å²) in [5.41, 5.74) is 0.893. The van der Waals surface area contributed by atoms with Gasteiger partial charge < -0.3 is 14.7 Å². The number of piperidine rings is 1. The molecular weight excluding hydrogens is 366 g/mol. The Labute approximate surface area is 159 Å². The topological polar surface area (TPSA) is 93.3 Å². The molecule has 0 saturated carbocycles. The van der Waals surface area contributed by atoms with E-state index >= 15 is 0 Å². The summed E-state index contributed by atoms with van der Waals surface area (Å²) in [6, 6.07) is 5.38. The number of likely N-dealkylation sites (tertiary alicyclic amines) is 1. The first-order valence-electron chi connectivity index (χ1n) is 8.76. The van der Waals surface area contributed by atoms with Crippen LogP contribution < -0.4 is 5.32 Å². The predicted octanol–water partition coefficient (Wildman–Crippen LogP) is 3.02. The molecule has 4 rings (SSSR count). The van der Waals surface area contributed by atoms with Crippen LogP contribution in [-0.2, 0) is 7.05 Å². The molecule has 1 saturated heterocycles. The molecule has 3 aromatic rings. The summed E-state index contributed by atoms with van der Waals surface area (Å²) in [4.78, 5) is 28.1. The number of rotatable bonds is 4. The van der Waals surface area contributed by atoms with Crippen molar-refractivity contribution < 1.29 is 14.1 Å². The second-order valence-corrected chi connectivity index (χ2v) is 7.34. The molecule has 4 heterocycles. The maximum absolute atomic E-state index is 12.9. The average Bonchev–Trinajstić information content (AvgIpc) is 3.43. The minimum absolute atomic E-state index is 0.121. The van der Waals surface area contributed by atoms with Crippen molar-refractivity contribution in [1.82, 2.24) is 19.8 Å². The van der Waals surface area contributed by atoms with Crippen molar-refractivity contribution in [2.75, 3.05) is 18.4 Å². The van der Waals surface area contributed by atoms with E-state index in [2.05, 4.69) is 15.6 Å². The second kappa shape index (κ2) is 7.36. The zero-order valence-electron chi connectivity index (χ0n) is 14.8. The number of aromatic nitrogens is 3. The van der Waals surface area contributed by atoms with Gasteiger partial charge in [0.05, 0.1) is 16.8 Å². The zero-order chi connectivity index (χ0) is 18.8. The summed E-state index contributed by atoms with van der Waals surface area (Å²) < 4.78 is 6.74. The Balaban J connectivity index is 1.53. The number of carbonyl (C=O) groups excluding carboxylic acids is 2. The van der Waals surface area contributed by atoms with Crippen LogP contribution in [0.15, 0.2) is 34.3 Å². The third kappa shape index (κ3) is 3.50. The monoisotopic (exact) mass is 385 g/mol. The van der Waals surface area contributed by atoms with E-state index in [9.17, 15) is 9.59 Å². The van der Waals surface area contributed by atoms with Gasteiger partial charge in [-0.3, -0.25) is 14.3 Å². The summed E-state index contributed by atoms with van der Waals surface area (Å²) >= 11 is 1.50. The van der Waals surface area contributed by atoms with Gasteiger partial charge in [-0.1, -0.05) is 11.2 Å². The highest BCUT2D eigenvalue weighted by atomic mass is 32.1. The first kappa shape index (κ1) is 17.5. The molecule has 1 fully saturated rings. The summed E-state index contributed by atoms with van der Waals surface area (Å²) in [5.74, 6) is -0.0300. The van der Waals surface area contributed by atoms with Gasteiger partial charge in [0, 0.05) is 26.2 Å². The van der Waals surface area contributed by atoms with Gasteiger partial charge in [-0.25, -0.2) is 0 Å². The highest BCUT2D eigenvalue weighted by Gasteiger charge is 2.26. The SMILES string of the molecule is Cn1ncc(NC(=O)c2cc(-c3cccs3)on2)c1C(=O)N1CCCCC1. The molecule has 1 N–H and O–H groups in total. The van der Waals surface area contributed by atoms with Crippen molar-refractivity contribution in [2.45, 2.75) is 19.3 Å². The largest absolute Gasteiger partial charge is 0.355 e. The number of nitrogens with zero attached hydrogens (tertiary/aromatic N) is 4. The number of aryl methyl sites for hydroxylation is 1. The minimum Gasteiger partial charge on any atom is -0.355 e. The molecule has 0 aliphatic carbocycles. The molecule has 140 valence electrons. The molecule has 0 bridgehead atoms. The van der Waals surface area contributed by atoms with Crippen LogP contribution >= 0.6 is 11.3 Å². The summed E-state index contributed by atoms with van der Waals surface area (Å²) in [6.07, 6.45) is 4.61. The Morgan fingerprint density at radius 1 is 1.26 bits per heavy atom. The van der Waals surface area contributed by atoms with Crippen LogP contribution in [0.5, 0.6) is 0 Å². The number of nitrogens with one attached hydrogen (secondary N) is 1. The Bertz CT molecular complexity index is 954. The lowest BCUT2D eigenvalue weighted by Crippen LogP contribution is -2.37. The maximum atomic E-state index is 12.9. The third-order valence-electron chi connectivity index (χ3n) is 4.54. The first-order chi connectivity index (χ1) is 13.1. The van der Waals surface area contributed by atoms with Crippen molar-refractivity contribution in [2.24, 2.45) is 7.05 Å². The van der Waals surface area contributed by atoms with Gasteiger partial charge in [-0.2, -0.15) is 5.10 Å². The number of amides is 2. The van der Waals surface area contributed by atoms with Gasteiger partial charge in [-0.05, 0) is 30.7 Å². The molecule has 1 aliphatic rings. The highest BCUT2D eigenvalue weighted by Crippen LogP contribution is 2.26. The molecule has 0 aromatic carbocycles. The van der Waals surface area contributed by atoms with Gasteiger partial charge in [0.2, 0.25) is 0 Å². The summed E-state index contributed by atoms with van der Waals surface area (Å²) in [7, 11) is 1.69. The van der Waals surface area contributed by atoms with Crippen molar-refractivity contribution in [3.05, 3.63) is 41.2 Å². The maximum Gasteiger partial charge on any atom is 0.277 e. The predicted molar refractivity (Wildman–Crippen MR) is 101 cm³/mol. The molecule has 0 spiro atoms. The molecule has 27 heavy (non-hydrogen) atoms. The van der Waals surface area contributed by atoms with E-state index < -0.39 is 5.91 Å². The van der Waals surface area contributed by atoms with E-state index in [4.69, 9.17) is 4.52 Å². The molecule has 1 aliphatic heterocycles. The van der Waals surface area contributed by atoms with Crippen molar-refractivity contribution in [3.63, 3.8) is 0 Å². The lowest BCUT2D eigenvalue weighted by atomic mass is 10.1. The van der Waals surface area contributed by atoms with Gasteiger partial charge in [0.1, 0.15) is 5.69 Å². The van der Waals surface area contributed by atoms with Crippen LogP contribution in [0.25, 0.3) is 10.6 Å². The quantitative estimate of drug-likeness (QED) is 0.745. The molecule has 0 atom stereocenters. The Morgan fingerprint density at radius 3 is 2.81 bits per heavy atom. The summed E-state index contributed by atoms with van der Waals surface area (Å²) in [5, 5.41) is 12.6. The first-order valence-corrected chi connectivity index (χ1v) is 9.64. The Morgan fingerprint density at radius 2 is 2.07 bits per heavy atom. The van der Waals surface area contributed by atoms with Gasteiger partial charge in [0.25, 0.3) is 11.8 Å². The molecule has 8 nitrogen and oxygen atoms in total. The number of thiophene rings is 1. The minimum atomic E-state index is -0.442. The lowest BCUT2D eigenvalue weighted by molar-refractivity contribution is 0.0714. The van der Waals surface area contributed by atoms with Gasteiger partial charge >= 0.3 is 0 Å². The van der Waals surface area contributed by atoms with Crippen LogP contribution in [-0.4, -0.2) is 44.7 Å². The fourth-order valence-corrected chi connectivity index (χ4v) is 3.81. The number of carbonyl (C=O) groups is 2. The van der Waals surface area contributed by atoms with E-state index in [1.54, 1.807) is 18.0 Å². The number of hydrogen-bond acceptors (Lipinski definition) is 6. The fourth-order valence-electron chi connectivity index (χ4n) is 3.13. The average molecular weight is 385 g/mol. The van der Waals surface area contributed by atoms with E-state index in [0.717, 1.165) is 37.2 Å². The van der Waals surface area contributed by atoms with Crippen LogP contribution in [0.2, 0.25) is 0 Å². The molecule has 9 heteroatoms. The van der Waals surface area contributed by atoms with Crippen LogP contribution in [0.3, 0.4) is 0 Å². The summed E-state index contributed by atoms with van der Waals surface area (Å²) in [6.45, 7) is 1.45. The van der Waals surface area contributed by atoms with Crippen molar-refractivity contribution >= 4 is 28.8 Å². The number of anilines is 1. The molecular formula is C18H19N5O3S. The van der Waals surface area contributed by atoms with E-state index in [1.807, 2.05) is 17.5 Å². The van der Waals surface area contributed by atoms with Gasteiger partial charge in [0.15, 0.2) is 11.5 Å². The molecule has 3 aromatic heterocycles. The van der Waals surface area contributed by atoms with Crippen LogP contribution in [0.1, 0.15) is 40.2 Å². The van der Waals surface area contributed by atoms with E-state index in [1.165, 1.54) is 22.2 Å². The van der Waals surface area contributed by atoms with E-state index in [0.29, 0.717) is 17.1 Å². The normalized spacial score (nSPS) is 14.3. The van der Waals surface area contributed by atoms with E-state index in [-0.39, 0.29) is 11.6 Å². The van der Waals surface area contributed by atoms with Crippen LogP contribution in [0, 0.1) is 0 Å². The van der Waals surface area contributed by atoms with Crippen molar-refractivity contribution in [1.29, 1.82) is 0 Å². The zero-order valence-corrected chi connectivity index (χ0v) is 15.7. The molecule has 0 radical (unpaired) electrons. The third-order valence-corrected chi connectivity index (χ3v) is 5.42. The Hall–Kier alpha value is -2.94. The Kier molecular flexibility index (Phi) is 4.76. The van der Waals surface area contributed by atoms with Gasteiger partial charge in [-0.15, -0.1) is 11.3 Å². The standard InChI is InChI=1S/C18H19N5O3S/c1-22-16(18(25)23-7-3-2-4-8-23)13(11-19-22)20-17(24)12-10-14(26-21-12)15-6-5-9-27-15/h5-6,9-11H,2-4,7-8H2,1H3,(H,20,24). The molecule has 0 unspecified atom stereocenters. The number of hydrogen-bond donors (Lipinski definition) is 1. The van der Waals surface area contributed by atoms with Crippen LogP contribution in [0.4, 0.5) is 5.69 Å². The fraction of sp³-hybridized carbons (Fsp3) is 0.333. The van der Waals surface area contributed by atoms with Crippen molar-refractivity contribution in [3.8, 4) is 10.6 Å². The smallest absolute Gasteiger partial charge is 0.277 e. The lowest BCUT2D eigenvalue weighted by Gasteiger charge is -2.26. The second-order valence-electron chi connectivity index (χ2n) is 6.39. The highest BCUT2D eigenvalue weighted by molar-refractivity contribution is 7.13.